The molecule has 1 aromatic carbocycles. The molecule has 1 atom stereocenters. The van der Waals surface area contributed by atoms with Gasteiger partial charge >= 0.3 is 0 Å². The maximum Gasteiger partial charge on any atom is 0.256 e. The van der Waals surface area contributed by atoms with Crippen LogP contribution in [-0.4, -0.2) is 34.6 Å². The number of piperidine rings is 1. The molecule has 1 saturated heterocycles. The van der Waals surface area contributed by atoms with Crippen LogP contribution in [0.1, 0.15) is 30.1 Å². The minimum absolute atomic E-state index is 0.00176. The number of β-amino-alcohol motifs (C(OH)–C–C–N with tert-alkyl or cyclic N) is 1. The third kappa shape index (κ3) is 2.61. The molecule has 1 heterocycles. The van der Waals surface area contributed by atoms with Gasteiger partial charge in [-0.25, -0.2) is 4.39 Å². The lowest BCUT2D eigenvalue weighted by Crippen LogP contribution is -2.48. The molecule has 4 nitrogen and oxygen atoms in total. The van der Waals surface area contributed by atoms with Gasteiger partial charge in [0.05, 0.1) is 11.2 Å². The molecular weight excluding hydrogens is 235 g/mol. The predicted octanol–water partition coefficient (Wildman–Crippen LogP) is 1.39. The van der Waals surface area contributed by atoms with Crippen LogP contribution in [0.4, 0.5) is 10.1 Å². The Kier molecular flexibility index (Phi) is 3.26. The van der Waals surface area contributed by atoms with Gasteiger partial charge in [-0.15, -0.1) is 0 Å². The summed E-state index contributed by atoms with van der Waals surface area (Å²) in [6, 6.07) is 4.02. The molecule has 1 aliphatic rings. The van der Waals surface area contributed by atoms with Gasteiger partial charge in [0.2, 0.25) is 0 Å². The Morgan fingerprint density at radius 3 is 2.89 bits per heavy atom. The van der Waals surface area contributed by atoms with E-state index in [2.05, 4.69) is 0 Å². The van der Waals surface area contributed by atoms with Crippen LogP contribution in [-0.2, 0) is 0 Å². The first-order chi connectivity index (χ1) is 8.39. The first kappa shape index (κ1) is 12.8. The van der Waals surface area contributed by atoms with E-state index in [0.29, 0.717) is 13.0 Å². The van der Waals surface area contributed by atoms with Crippen LogP contribution in [0, 0.1) is 5.82 Å². The molecule has 1 unspecified atom stereocenters. The van der Waals surface area contributed by atoms with Crippen LogP contribution in [0.2, 0.25) is 0 Å². The SMILES string of the molecule is CC1(O)CCCN(C(=O)c2ccc(N)cc2F)C1. The molecule has 98 valence electrons. The van der Waals surface area contributed by atoms with Gasteiger partial charge in [-0.3, -0.25) is 4.79 Å². The Labute approximate surface area is 105 Å². The van der Waals surface area contributed by atoms with Crippen molar-refractivity contribution in [3.05, 3.63) is 29.6 Å². The van der Waals surface area contributed by atoms with Crippen molar-refractivity contribution in [2.45, 2.75) is 25.4 Å². The number of carbonyl (C=O) groups excluding carboxylic acids is 1. The largest absolute Gasteiger partial charge is 0.399 e. The number of halogens is 1. The van der Waals surface area contributed by atoms with E-state index in [1.54, 1.807) is 6.92 Å². The van der Waals surface area contributed by atoms with Crippen LogP contribution in [0.3, 0.4) is 0 Å². The standard InChI is InChI=1S/C13H17FN2O2/c1-13(18)5-2-6-16(8-13)12(17)10-4-3-9(15)7-11(10)14/h3-4,7,18H,2,5-6,8,15H2,1H3. The minimum Gasteiger partial charge on any atom is -0.399 e. The summed E-state index contributed by atoms with van der Waals surface area (Å²) < 4.78 is 13.7. The second-order valence-electron chi connectivity index (χ2n) is 5.07. The van der Waals surface area contributed by atoms with Crippen molar-refractivity contribution in [2.75, 3.05) is 18.8 Å². The Hall–Kier alpha value is -1.62. The Morgan fingerprint density at radius 2 is 2.28 bits per heavy atom. The molecule has 1 amide bonds. The van der Waals surface area contributed by atoms with E-state index >= 15 is 0 Å². The number of hydrogen-bond acceptors (Lipinski definition) is 3. The highest BCUT2D eigenvalue weighted by Gasteiger charge is 2.32. The number of likely N-dealkylation sites (tertiary alicyclic amines) is 1. The minimum atomic E-state index is -0.891. The molecule has 1 aliphatic heterocycles. The molecule has 1 aromatic rings. The number of nitrogens with two attached hydrogens (primary N) is 1. The molecule has 18 heavy (non-hydrogen) atoms. The fourth-order valence-electron chi connectivity index (χ4n) is 2.27. The van der Waals surface area contributed by atoms with Crippen LogP contribution in [0.25, 0.3) is 0 Å². The van der Waals surface area contributed by atoms with Crippen molar-refractivity contribution in [3.8, 4) is 0 Å². The van der Waals surface area contributed by atoms with Crippen molar-refractivity contribution in [3.63, 3.8) is 0 Å². The zero-order chi connectivity index (χ0) is 13.3. The number of nitrogens with zero attached hydrogens (tertiary/aromatic N) is 1. The maximum absolute atomic E-state index is 13.7. The van der Waals surface area contributed by atoms with E-state index in [1.807, 2.05) is 0 Å². The average Bonchev–Trinajstić information content (AvgIpc) is 2.27. The molecule has 0 spiro atoms. The number of nitrogen functional groups attached to an aromatic ring is 1. The molecule has 2 rings (SSSR count). The van der Waals surface area contributed by atoms with E-state index in [-0.39, 0.29) is 17.8 Å². The predicted molar refractivity (Wildman–Crippen MR) is 66.6 cm³/mol. The highest BCUT2D eigenvalue weighted by atomic mass is 19.1. The first-order valence-electron chi connectivity index (χ1n) is 5.96. The summed E-state index contributed by atoms with van der Waals surface area (Å²) in [6.07, 6.45) is 1.37. The lowest BCUT2D eigenvalue weighted by molar-refractivity contribution is -0.0109. The van der Waals surface area contributed by atoms with Gasteiger partial charge in [-0.2, -0.15) is 0 Å². The Balaban J connectivity index is 2.20. The van der Waals surface area contributed by atoms with E-state index in [1.165, 1.54) is 17.0 Å². The zero-order valence-corrected chi connectivity index (χ0v) is 10.3. The fraction of sp³-hybridized carbons (Fsp3) is 0.462. The molecule has 3 N–H and O–H groups in total. The monoisotopic (exact) mass is 252 g/mol. The molecule has 1 fully saturated rings. The summed E-state index contributed by atoms with van der Waals surface area (Å²) in [5, 5.41) is 9.95. The molecular formula is C13H17FN2O2. The zero-order valence-electron chi connectivity index (χ0n) is 10.3. The summed E-state index contributed by atoms with van der Waals surface area (Å²) in [5.41, 5.74) is 4.84. The van der Waals surface area contributed by atoms with Gasteiger partial charge in [0.15, 0.2) is 0 Å². The fourth-order valence-corrected chi connectivity index (χ4v) is 2.27. The quantitative estimate of drug-likeness (QED) is 0.742. The molecule has 0 saturated carbocycles. The van der Waals surface area contributed by atoms with Gasteiger partial charge in [0.1, 0.15) is 5.82 Å². The van der Waals surface area contributed by atoms with Crippen molar-refractivity contribution < 1.29 is 14.3 Å². The Morgan fingerprint density at radius 1 is 1.56 bits per heavy atom. The highest BCUT2D eigenvalue weighted by Crippen LogP contribution is 2.23. The number of hydrogen-bond donors (Lipinski definition) is 2. The van der Waals surface area contributed by atoms with E-state index in [9.17, 15) is 14.3 Å². The molecule has 0 bridgehead atoms. The van der Waals surface area contributed by atoms with Crippen LogP contribution >= 0.6 is 0 Å². The van der Waals surface area contributed by atoms with Crippen molar-refractivity contribution in [2.24, 2.45) is 0 Å². The Bertz CT molecular complexity index is 474. The number of anilines is 1. The van der Waals surface area contributed by atoms with Gasteiger partial charge in [0.25, 0.3) is 5.91 Å². The molecule has 0 radical (unpaired) electrons. The van der Waals surface area contributed by atoms with Crippen LogP contribution in [0.15, 0.2) is 18.2 Å². The third-order valence-electron chi connectivity index (χ3n) is 3.19. The van der Waals surface area contributed by atoms with Gasteiger partial charge in [-0.1, -0.05) is 0 Å². The summed E-state index contributed by atoms with van der Waals surface area (Å²) in [7, 11) is 0. The van der Waals surface area contributed by atoms with Gasteiger partial charge < -0.3 is 15.7 Å². The van der Waals surface area contributed by atoms with Crippen molar-refractivity contribution >= 4 is 11.6 Å². The third-order valence-corrected chi connectivity index (χ3v) is 3.19. The number of amides is 1. The van der Waals surface area contributed by atoms with Crippen molar-refractivity contribution in [1.29, 1.82) is 0 Å². The first-order valence-corrected chi connectivity index (χ1v) is 5.96. The topological polar surface area (TPSA) is 66.6 Å². The smallest absolute Gasteiger partial charge is 0.256 e. The number of benzene rings is 1. The second kappa shape index (κ2) is 4.57. The summed E-state index contributed by atoms with van der Waals surface area (Å²) in [5.74, 6) is -1.02. The molecule has 0 aromatic heterocycles. The summed E-state index contributed by atoms with van der Waals surface area (Å²) in [6.45, 7) is 2.46. The highest BCUT2D eigenvalue weighted by molar-refractivity contribution is 5.95. The van der Waals surface area contributed by atoms with Crippen LogP contribution in [0.5, 0.6) is 0 Å². The molecule has 5 heteroatoms. The summed E-state index contributed by atoms with van der Waals surface area (Å²) in [4.78, 5) is 13.6. The maximum atomic E-state index is 13.7. The summed E-state index contributed by atoms with van der Waals surface area (Å²) >= 11 is 0. The average molecular weight is 252 g/mol. The van der Waals surface area contributed by atoms with Crippen molar-refractivity contribution in [1.82, 2.24) is 4.90 Å². The van der Waals surface area contributed by atoms with E-state index < -0.39 is 17.3 Å². The second-order valence-corrected chi connectivity index (χ2v) is 5.07. The molecule has 0 aliphatic carbocycles. The number of rotatable bonds is 1. The van der Waals surface area contributed by atoms with E-state index in [4.69, 9.17) is 5.73 Å². The number of aliphatic hydroxyl groups is 1. The number of carbonyl (C=O) groups is 1. The van der Waals surface area contributed by atoms with Crippen LogP contribution < -0.4 is 5.73 Å². The van der Waals surface area contributed by atoms with Gasteiger partial charge in [0, 0.05) is 18.8 Å². The lowest BCUT2D eigenvalue weighted by Gasteiger charge is -2.36. The van der Waals surface area contributed by atoms with Gasteiger partial charge in [-0.05, 0) is 38.0 Å². The lowest BCUT2D eigenvalue weighted by atomic mass is 9.94. The normalized spacial score (nSPS) is 24.1. The van der Waals surface area contributed by atoms with E-state index in [0.717, 1.165) is 12.5 Å².